The van der Waals surface area contributed by atoms with Gasteiger partial charge in [0.2, 0.25) is 0 Å². The van der Waals surface area contributed by atoms with E-state index >= 15 is 0 Å². The molecule has 0 radical (unpaired) electrons. The lowest BCUT2D eigenvalue weighted by Crippen LogP contribution is -2.05. The molecular weight excluding hydrogens is 229 g/mol. The zero-order chi connectivity index (χ0) is 12.6. The molecular formula is C12H11F3N2. The molecule has 0 fully saturated rings. The summed E-state index contributed by atoms with van der Waals surface area (Å²) < 4.78 is 38.9. The Morgan fingerprint density at radius 1 is 1.06 bits per heavy atom. The van der Waals surface area contributed by atoms with E-state index in [1.165, 1.54) is 12.1 Å². The lowest BCUT2D eigenvalue weighted by Gasteiger charge is -2.08. The lowest BCUT2D eigenvalue weighted by atomic mass is 10.2. The third-order valence-corrected chi connectivity index (χ3v) is 2.48. The van der Waals surface area contributed by atoms with Gasteiger partial charge in [-0.1, -0.05) is 0 Å². The minimum absolute atomic E-state index is 0.643. The van der Waals surface area contributed by atoms with Gasteiger partial charge in [-0.2, -0.15) is 13.2 Å². The first kappa shape index (κ1) is 11.7. The summed E-state index contributed by atoms with van der Waals surface area (Å²) in [5.41, 5.74) is 0.870. The van der Waals surface area contributed by atoms with E-state index in [0.29, 0.717) is 5.69 Å². The predicted molar refractivity (Wildman–Crippen MR) is 58.0 cm³/mol. The van der Waals surface area contributed by atoms with Crippen molar-refractivity contribution in [1.82, 2.24) is 9.55 Å². The fourth-order valence-corrected chi connectivity index (χ4v) is 1.69. The summed E-state index contributed by atoms with van der Waals surface area (Å²) in [5, 5.41) is 0. The van der Waals surface area contributed by atoms with Crippen molar-refractivity contribution in [3.05, 3.63) is 47.5 Å². The largest absolute Gasteiger partial charge is 0.416 e. The van der Waals surface area contributed by atoms with Gasteiger partial charge in [-0.3, -0.25) is 0 Å². The van der Waals surface area contributed by atoms with E-state index in [4.69, 9.17) is 0 Å². The van der Waals surface area contributed by atoms with Gasteiger partial charge in [0.15, 0.2) is 0 Å². The number of hydrogen-bond donors (Lipinski definition) is 0. The Kier molecular flexibility index (Phi) is 2.69. The molecule has 0 aliphatic rings. The molecule has 1 aromatic carbocycles. The van der Waals surface area contributed by atoms with Gasteiger partial charge in [0, 0.05) is 11.9 Å². The third-order valence-electron chi connectivity index (χ3n) is 2.48. The van der Waals surface area contributed by atoms with E-state index in [2.05, 4.69) is 4.98 Å². The number of aromatic nitrogens is 2. The predicted octanol–water partition coefficient (Wildman–Crippen LogP) is 3.51. The van der Waals surface area contributed by atoms with E-state index < -0.39 is 11.7 Å². The Balaban J connectivity index is 2.39. The molecule has 90 valence electrons. The number of rotatable bonds is 1. The van der Waals surface area contributed by atoms with E-state index in [1.54, 1.807) is 10.8 Å². The Hall–Kier alpha value is -1.78. The van der Waals surface area contributed by atoms with Crippen LogP contribution in [0.15, 0.2) is 30.5 Å². The first-order valence-corrected chi connectivity index (χ1v) is 5.08. The average Bonchev–Trinajstić information content (AvgIpc) is 2.57. The maximum Gasteiger partial charge on any atom is 0.416 e. The van der Waals surface area contributed by atoms with Crippen LogP contribution in [0.5, 0.6) is 0 Å². The summed E-state index contributed by atoms with van der Waals surface area (Å²) in [7, 11) is 0. The van der Waals surface area contributed by atoms with Gasteiger partial charge < -0.3 is 4.57 Å². The standard InChI is InChI=1S/C12H11F3N2/c1-8-7-17(9(2)16-8)11-5-3-10(4-6-11)12(13,14)15/h3-7H,1-2H3. The van der Waals surface area contributed by atoms with Gasteiger partial charge in [-0.05, 0) is 38.1 Å². The van der Waals surface area contributed by atoms with Crippen LogP contribution < -0.4 is 0 Å². The summed E-state index contributed by atoms with van der Waals surface area (Å²) in [6, 6.07) is 5.03. The van der Waals surface area contributed by atoms with Crippen molar-refractivity contribution in [2.45, 2.75) is 20.0 Å². The van der Waals surface area contributed by atoms with Crippen LogP contribution in [0.25, 0.3) is 5.69 Å². The molecule has 0 bridgehead atoms. The second-order valence-corrected chi connectivity index (χ2v) is 3.84. The lowest BCUT2D eigenvalue weighted by molar-refractivity contribution is -0.137. The minimum atomic E-state index is -4.29. The van der Waals surface area contributed by atoms with Crippen LogP contribution in [0.4, 0.5) is 13.2 Å². The molecule has 2 aromatic rings. The zero-order valence-electron chi connectivity index (χ0n) is 9.42. The van der Waals surface area contributed by atoms with E-state index in [0.717, 1.165) is 23.7 Å². The molecule has 5 heteroatoms. The Bertz CT molecular complexity index is 524. The number of benzene rings is 1. The highest BCUT2D eigenvalue weighted by molar-refractivity contribution is 5.37. The average molecular weight is 240 g/mol. The van der Waals surface area contributed by atoms with Gasteiger partial charge >= 0.3 is 6.18 Å². The topological polar surface area (TPSA) is 17.8 Å². The Labute approximate surface area is 96.7 Å². The molecule has 0 N–H and O–H groups in total. The quantitative estimate of drug-likeness (QED) is 0.745. The van der Waals surface area contributed by atoms with Gasteiger partial charge in [-0.15, -0.1) is 0 Å². The van der Waals surface area contributed by atoms with Crippen molar-refractivity contribution in [1.29, 1.82) is 0 Å². The second-order valence-electron chi connectivity index (χ2n) is 3.84. The van der Waals surface area contributed by atoms with Crippen LogP contribution in [0.3, 0.4) is 0 Å². The van der Waals surface area contributed by atoms with Crippen LogP contribution in [0, 0.1) is 13.8 Å². The summed E-state index contributed by atoms with van der Waals surface area (Å²) in [4.78, 5) is 4.20. The third kappa shape index (κ3) is 2.33. The van der Waals surface area contributed by atoms with E-state index in [-0.39, 0.29) is 0 Å². The molecule has 17 heavy (non-hydrogen) atoms. The smallest absolute Gasteiger partial charge is 0.304 e. The molecule has 2 nitrogen and oxygen atoms in total. The fraction of sp³-hybridized carbons (Fsp3) is 0.250. The van der Waals surface area contributed by atoms with Crippen molar-refractivity contribution in [2.24, 2.45) is 0 Å². The number of aryl methyl sites for hydroxylation is 2. The van der Waals surface area contributed by atoms with Crippen LogP contribution >= 0.6 is 0 Å². The molecule has 0 atom stereocenters. The SMILES string of the molecule is Cc1cn(-c2ccc(C(F)(F)F)cc2)c(C)n1. The van der Waals surface area contributed by atoms with Gasteiger partial charge in [0.05, 0.1) is 11.3 Å². The first-order chi connectivity index (χ1) is 7.88. The van der Waals surface area contributed by atoms with E-state index in [1.807, 2.05) is 13.8 Å². The van der Waals surface area contributed by atoms with Gasteiger partial charge in [0.25, 0.3) is 0 Å². The maximum atomic E-state index is 12.4. The Morgan fingerprint density at radius 3 is 2.06 bits per heavy atom. The number of nitrogens with zero attached hydrogens (tertiary/aromatic N) is 2. The summed E-state index contributed by atoms with van der Waals surface area (Å²) >= 11 is 0. The summed E-state index contributed by atoms with van der Waals surface area (Å²) in [6.45, 7) is 3.65. The Morgan fingerprint density at radius 2 is 1.65 bits per heavy atom. The van der Waals surface area contributed by atoms with Crippen molar-refractivity contribution in [3.63, 3.8) is 0 Å². The maximum absolute atomic E-state index is 12.4. The van der Waals surface area contributed by atoms with Gasteiger partial charge in [-0.25, -0.2) is 4.98 Å². The first-order valence-electron chi connectivity index (χ1n) is 5.08. The second kappa shape index (κ2) is 3.91. The fourth-order valence-electron chi connectivity index (χ4n) is 1.69. The highest BCUT2D eigenvalue weighted by Gasteiger charge is 2.29. The van der Waals surface area contributed by atoms with Crippen LogP contribution in [0.2, 0.25) is 0 Å². The van der Waals surface area contributed by atoms with Crippen LogP contribution in [-0.4, -0.2) is 9.55 Å². The molecule has 1 aromatic heterocycles. The molecule has 0 saturated carbocycles. The highest BCUT2D eigenvalue weighted by Crippen LogP contribution is 2.29. The molecule has 0 aliphatic carbocycles. The van der Waals surface area contributed by atoms with E-state index in [9.17, 15) is 13.2 Å². The molecule has 0 spiro atoms. The van der Waals surface area contributed by atoms with Crippen molar-refractivity contribution < 1.29 is 13.2 Å². The highest BCUT2D eigenvalue weighted by atomic mass is 19.4. The number of alkyl halides is 3. The molecule has 0 unspecified atom stereocenters. The summed E-state index contributed by atoms with van der Waals surface area (Å²) in [5.74, 6) is 0.752. The van der Waals surface area contributed by atoms with Crippen molar-refractivity contribution in [2.75, 3.05) is 0 Å². The van der Waals surface area contributed by atoms with Crippen molar-refractivity contribution in [3.8, 4) is 5.69 Å². The molecule has 1 heterocycles. The number of halogens is 3. The molecule has 0 saturated heterocycles. The normalized spacial score (nSPS) is 11.8. The van der Waals surface area contributed by atoms with Crippen LogP contribution in [0.1, 0.15) is 17.1 Å². The van der Waals surface area contributed by atoms with Crippen LogP contribution in [-0.2, 0) is 6.18 Å². The molecule has 2 rings (SSSR count). The number of imidazole rings is 1. The van der Waals surface area contributed by atoms with Crippen molar-refractivity contribution >= 4 is 0 Å². The minimum Gasteiger partial charge on any atom is -0.304 e. The zero-order valence-corrected chi connectivity index (χ0v) is 9.42. The van der Waals surface area contributed by atoms with Gasteiger partial charge in [0.1, 0.15) is 5.82 Å². The molecule has 0 aliphatic heterocycles. The monoisotopic (exact) mass is 240 g/mol. The number of hydrogen-bond acceptors (Lipinski definition) is 1. The molecule has 0 amide bonds. The summed E-state index contributed by atoms with van der Waals surface area (Å²) in [6.07, 6.45) is -2.50.